The van der Waals surface area contributed by atoms with Crippen LogP contribution in [0.25, 0.3) is 6.08 Å². The number of amides is 2. The zero-order valence-corrected chi connectivity index (χ0v) is 13.8. The first-order valence-corrected chi connectivity index (χ1v) is 7.56. The van der Waals surface area contributed by atoms with Crippen molar-refractivity contribution in [1.29, 1.82) is 0 Å². The number of carbonyl (C=O) groups is 1. The molecule has 0 saturated heterocycles. The molecule has 0 aromatic heterocycles. The summed E-state index contributed by atoms with van der Waals surface area (Å²) in [5, 5.41) is 5.46. The molecule has 0 atom stereocenters. The number of ether oxygens (including phenoxy) is 1. The predicted octanol–water partition coefficient (Wildman–Crippen LogP) is 3.93. The average molecular weight is 361 g/mol. The van der Waals surface area contributed by atoms with Gasteiger partial charge in [0.15, 0.2) is 0 Å². The van der Waals surface area contributed by atoms with Crippen molar-refractivity contribution in [2.75, 3.05) is 7.11 Å². The molecule has 0 radical (unpaired) electrons. The van der Waals surface area contributed by atoms with Crippen LogP contribution in [0.1, 0.15) is 11.1 Å². The van der Waals surface area contributed by atoms with Crippen LogP contribution in [0, 0.1) is 0 Å². The van der Waals surface area contributed by atoms with Crippen LogP contribution in [0.5, 0.6) is 5.75 Å². The molecule has 0 spiro atoms. The van der Waals surface area contributed by atoms with E-state index in [1.165, 1.54) is 0 Å². The number of urea groups is 1. The molecule has 0 fully saturated rings. The SMILES string of the molecule is COc1cccc(/C=C/NC(=O)NCc2cccc(Br)c2)c1. The van der Waals surface area contributed by atoms with E-state index in [0.717, 1.165) is 21.3 Å². The highest BCUT2D eigenvalue weighted by Crippen LogP contribution is 2.13. The lowest BCUT2D eigenvalue weighted by Gasteiger charge is -2.05. The van der Waals surface area contributed by atoms with E-state index >= 15 is 0 Å². The first-order valence-electron chi connectivity index (χ1n) is 6.77. The van der Waals surface area contributed by atoms with Gasteiger partial charge >= 0.3 is 6.03 Å². The summed E-state index contributed by atoms with van der Waals surface area (Å²) in [6.45, 7) is 0.471. The van der Waals surface area contributed by atoms with Gasteiger partial charge in [-0.05, 0) is 41.5 Å². The molecule has 2 aromatic rings. The van der Waals surface area contributed by atoms with Crippen LogP contribution in [0.15, 0.2) is 59.2 Å². The lowest BCUT2D eigenvalue weighted by molar-refractivity contribution is 0.244. The van der Waals surface area contributed by atoms with E-state index in [9.17, 15) is 4.79 Å². The van der Waals surface area contributed by atoms with Crippen LogP contribution in [-0.2, 0) is 6.54 Å². The van der Waals surface area contributed by atoms with Gasteiger partial charge in [-0.3, -0.25) is 0 Å². The monoisotopic (exact) mass is 360 g/mol. The van der Waals surface area contributed by atoms with Crippen molar-refractivity contribution in [2.45, 2.75) is 6.54 Å². The van der Waals surface area contributed by atoms with Crippen LogP contribution in [0.4, 0.5) is 4.79 Å². The summed E-state index contributed by atoms with van der Waals surface area (Å²) < 4.78 is 6.13. The molecule has 5 heteroatoms. The molecule has 2 N–H and O–H groups in total. The molecule has 2 amide bonds. The average Bonchev–Trinajstić information content (AvgIpc) is 2.53. The summed E-state index contributed by atoms with van der Waals surface area (Å²) in [5.41, 5.74) is 1.98. The van der Waals surface area contributed by atoms with Crippen LogP contribution in [0.3, 0.4) is 0 Å². The highest BCUT2D eigenvalue weighted by Gasteiger charge is 1.98. The number of benzene rings is 2. The predicted molar refractivity (Wildman–Crippen MR) is 91.5 cm³/mol. The van der Waals surface area contributed by atoms with Crippen LogP contribution in [0.2, 0.25) is 0 Å². The summed E-state index contributed by atoms with van der Waals surface area (Å²) in [5.74, 6) is 0.779. The van der Waals surface area contributed by atoms with E-state index in [2.05, 4.69) is 26.6 Å². The molecule has 22 heavy (non-hydrogen) atoms. The normalized spacial score (nSPS) is 10.5. The third kappa shape index (κ3) is 5.26. The fraction of sp³-hybridized carbons (Fsp3) is 0.118. The minimum absolute atomic E-state index is 0.251. The van der Waals surface area contributed by atoms with Crippen LogP contribution in [-0.4, -0.2) is 13.1 Å². The summed E-state index contributed by atoms with van der Waals surface area (Å²) in [7, 11) is 1.62. The molecular formula is C17H17BrN2O2. The Morgan fingerprint density at radius 1 is 1.23 bits per heavy atom. The molecule has 0 bridgehead atoms. The van der Waals surface area contributed by atoms with Gasteiger partial charge in [0.2, 0.25) is 0 Å². The Morgan fingerprint density at radius 3 is 2.82 bits per heavy atom. The molecule has 0 aliphatic rings. The second-order valence-electron chi connectivity index (χ2n) is 4.57. The highest BCUT2D eigenvalue weighted by molar-refractivity contribution is 9.10. The van der Waals surface area contributed by atoms with Gasteiger partial charge in [0.05, 0.1) is 7.11 Å². The van der Waals surface area contributed by atoms with Gasteiger partial charge in [-0.2, -0.15) is 0 Å². The Labute approximate surface area is 138 Å². The maximum atomic E-state index is 11.7. The Kier molecular flexibility index (Phi) is 6.03. The Bertz CT molecular complexity index is 671. The molecule has 0 saturated carbocycles. The fourth-order valence-corrected chi connectivity index (χ4v) is 2.29. The molecule has 2 rings (SSSR count). The molecule has 0 aliphatic carbocycles. The highest BCUT2D eigenvalue weighted by atomic mass is 79.9. The standard InChI is InChI=1S/C17H17BrN2O2/c1-22-16-7-3-4-13(11-16)8-9-19-17(21)20-12-14-5-2-6-15(18)10-14/h2-11H,12H2,1H3,(H2,19,20,21)/b9-8+. The third-order valence-corrected chi connectivity index (χ3v) is 3.42. The van der Waals surface area contributed by atoms with E-state index in [1.807, 2.05) is 48.5 Å². The molecule has 2 aromatic carbocycles. The molecule has 0 unspecified atom stereocenters. The number of methoxy groups -OCH3 is 1. The van der Waals surface area contributed by atoms with Crippen molar-refractivity contribution in [3.63, 3.8) is 0 Å². The maximum Gasteiger partial charge on any atom is 0.319 e. The maximum absolute atomic E-state index is 11.7. The topological polar surface area (TPSA) is 50.4 Å². The van der Waals surface area contributed by atoms with Crippen molar-refractivity contribution in [1.82, 2.24) is 10.6 Å². The summed E-state index contributed by atoms with van der Waals surface area (Å²) in [4.78, 5) is 11.7. The molecule has 0 heterocycles. The van der Waals surface area contributed by atoms with Gasteiger partial charge in [0.1, 0.15) is 5.75 Å². The Balaban J connectivity index is 1.81. The van der Waals surface area contributed by atoms with Gasteiger partial charge in [-0.25, -0.2) is 4.79 Å². The third-order valence-electron chi connectivity index (χ3n) is 2.93. The number of hydrogen-bond acceptors (Lipinski definition) is 2. The fourth-order valence-electron chi connectivity index (χ4n) is 1.84. The lowest BCUT2D eigenvalue weighted by Crippen LogP contribution is -2.31. The van der Waals surface area contributed by atoms with Crippen molar-refractivity contribution in [2.24, 2.45) is 0 Å². The zero-order chi connectivity index (χ0) is 15.8. The second kappa shape index (κ2) is 8.24. The number of halogens is 1. The van der Waals surface area contributed by atoms with Gasteiger partial charge < -0.3 is 15.4 Å². The number of rotatable bonds is 5. The molecule has 0 aliphatic heterocycles. The van der Waals surface area contributed by atoms with Gasteiger partial charge in [-0.15, -0.1) is 0 Å². The number of hydrogen-bond donors (Lipinski definition) is 2. The number of carbonyl (C=O) groups excluding carboxylic acids is 1. The van der Waals surface area contributed by atoms with E-state index in [0.29, 0.717) is 6.54 Å². The molecular weight excluding hydrogens is 344 g/mol. The quantitative estimate of drug-likeness (QED) is 0.848. The molecule has 114 valence electrons. The summed E-state index contributed by atoms with van der Waals surface area (Å²) >= 11 is 3.40. The minimum atomic E-state index is -0.251. The van der Waals surface area contributed by atoms with Crippen molar-refractivity contribution in [3.8, 4) is 5.75 Å². The van der Waals surface area contributed by atoms with Crippen LogP contribution < -0.4 is 15.4 Å². The van der Waals surface area contributed by atoms with E-state index in [-0.39, 0.29) is 6.03 Å². The summed E-state index contributed by atoms with van der Waals surface area (Å²) in [6.07, 6.45) is 3.41. The minimum Gasteiger partial charge on any atom is -0.497 e. The Hall–Kier alpha value is -2.27. The zero-order valence-electron chi connectivity index (χ0n) is 12.2. The van der Waals surface area contributed by atoms with Gasteiger partial charge in [0.25, 0.3) is 0 Å². The first kappa shape index (κ1) is 16.1. The number of nitrogens with one attached hydrogen (secondary N) is 2. The summed E-state index contributed by atoms with van der Waals surface area (Å²) in [6, 6.07) is 15.1. The first-order chi connectivity index (χ1) is 10.7. The molecule has 4 nitrogen and oxygen atoms in total. The smallest absolute Gasteiger partial charge is 0.319 e. The Morgan fingerprint density at radius 2 is 2.05 bits per heavy atom. The van der Waals surface area contributed by atoms with Gasteiger partial charge in [-0.1, -0.05) is 40.2 Å². The van der Waals surface area contributed by atoms with E-state index in [4.69, 9.17) is 4.74 Å². The van der Waals surface area contributed by atoms with Crippen molar-refractivity contribution < 1.29 is 9.53 Å². The van der Waals surface area contributed by atoms with E-state index < -0.39 is 0 Å². The second-order valence-corrected chi connectivity index (χ2v) is 5.48. The van der Waals surface area contributed by atoms with Crippen molar-refractivity contribution >= 4 is 28.0 Å². The largest absolute Gasteiger partial charge is 0.497 e. The van der Waals surface area contributed by atoms with Gasteiger partial charge in [0, 0.05) is 17.2 Å². The lowest BCUT2D eigenvalue weighted by atomic mass is 10.2. The van der Waals surface area contributed by atoms with Crippen LogP contribution >= 0.6 is 15.9 Å². The van der Waals surface area contributed by atoms with E-state index in [1.54, 1.807) is 19.4 Å². The van der Waals surface area contributed by atoms with Crippen molar-refractivity contribution in [3.05, 3.63) is 70.3 Å².